The molecule has 0 aromatic carbocycles. The summed E-state index contributed by atoms with van der Waals surface area (Å²) in [4.78, 5) is 8.54. The maximum atomic E-state index is 5.37. The molecule has 0 spiro atoms. The largest absolute Gasteiger partial charge is 0.478 e. The van der Waals surface area contributed by atoms with Crippen LogP contribution in [-0.4, -0.2) is 22.1 Å². The molecule has 1 heterocycles. The minimum Gasteiger partial charge on any atom is -0.478 e. The van der Waals surface area contributed by atoms with Gasteiger partial charge in [0.2, 0.25) is 5.88 Å². The van der Waals surface area contributed by atoms with Crippen LogP contribution in [0.2, 0.25) is 0 Å². The van der Waals surface area contributed by atoms with E-state index in [-0.39, 0.29) is 5.54 Å². The first-order valence-corrected chi connectivity index (χ1v) is 5.38. The summed E-state index contributed by atoms with van der Waals surface area (Å²) in [5.74, 6) is 2.26. The quantitative estimate of drug-likeness (QED) is 0.821. The zero-order valence-corrected chi connectivity index (χ0v) is 9.50. The molecule has 4 heteroatoms. The maximum Gasteiger partial charge on any atom is 0.218 e. The number of nitrogens with one attached hydrogen (secondary N) is 1. The number of aryl methyl sites for hydroxylation is 1. The van der Waals surface area contributed by atoms with Crippen molar-refractivity contribution in [1.82, 2.24) is 9.97 Å². The Labute approximate surface area is 90.1 Å². The first-order chi connectivity index (χ1) is 7.11. The Bertz CT molecular complexity index is 361. The third-order valence-corrected chi connectivity index (χ3v) is 2.54. The van der Waals surface area contributed by atoms with Crippen molar-refractivity contribution < 1.29 is 4.74 Å². The van der Waals surface area contributed by atoms with Gasteiger partial charge in [0.25, 0.3) is 0 Å². The topological polar surface area (TPSA) is 47.0 Å². The van der Waals surface area contributed by atoms with Crippen LogP contribution in [0.3, 0.4) is 0 Å². The van der Waals surface area contributed by atoms with Crippen LogP contribution in [0.1, 0.15) is 32.5 Å². The Morgan fingerprint density at radius 3 is 2.80 bits per heavy atom. The van der Waals surface area contributed by atoms with Crippen molar-refractivity contribution in [3.8, 4) is 5.88 Å². The van der Waals surface area contributed by atoms with Gasteiger partial charge in [0.1, 0.15) is 11.6 Å². The lowest BCUT2D eigenvalue weighted by Crippen LogP contribution is -2.17. The van der Waals surface area contributed by atoms with Gasteiger partial charge in [-0.15, -0.1) is 0 Å². The lowest BCUT2D eigenvalue weighted by Gasteiger charge is -2.13. The second kappa shape index (κ2) is 3.68. The van der Waals surface area contributed by atoms with Crippen molar-refractivity contribution in [1.29, 1.82) is 0 Å². The Hall–Kier alpha value is -1.32. The molecule has 1 fully saturated rings. The zero-order chi connectivity index (χ0) is 10.9. The van der Waals surface area contributed by atoms with E-state index in [1.54, 1.807) is 0 Å². The third-order valence-electron chi connectivity index (χ3n) is 2.54. The minimum absolute atomic E-state index is 0.240. The van der Waals surface area contributed by atoms with Crippen molar-refractivity contribution in [2.45, 2.75) is 39.2 Å². The normalized spacial score (nSPS) is 17.3. The van der Waals surface area contributed by atoms with Crippen molar-refractivity contribution in [2.24, 2.45) is 0 Å². The molecule has 0 unspecified atom stereocenters. The molecule has 4 nitrogen and oxygen atoms in total. The Kier molecular flexibility index (Phi) is 2.50. The van der Waals surface area contributed by atoms with Crippen LogP contribution in [0.25, 0.3) is 0 Å². The molecule has 1 aliphatic rings. The number of anilines is 1. The highest BCUT2D eigenvalue weighted by Crippen LogP contribution is 2.37. The number of aromatic nitrogens is 2. The molecule has 1 aromatic rings. The minimum atomic E-state index is 0.240. The van der Waals surface area contributed by atoms with Crippen molar-refractivity contribution in [2.75, 3.05) is 11.9 Å². The average molecular weight is 207 g/mol. The standard InChI is InChI=1S/C11H17N3O/c1-4-15-10-7-9(12-8(2)13-10)14-11(3)5-6-11/h7H,4-6H2,1-3H3,(H,12,13,14). The Morgan fingerprint density at radius 2 is 2.20 bits per heavy atom. The monoisotopic (exact) mass is 207 g/mol. The van der Waals surface area contributed by atoms with Crippen LogP contribution in [0, 0.1) is 6.92 Å². The lowest BCUT2D eigenvalue weighted by molar-refractivity contribution is 0.325. The van der Waals surface area contributed by atoms with Crippen LogP contribution < -0.4 is 10.1 Å². The molecule has 1 N–H and O–H groups in total. The SMILES string of the molecule is CCOc1cc(NC2(C)CC2)nc(C)n1. The molecule has 0 radical (unpaired) electrons. The van der Waals surface area contributed by atoms with E-state index in [9.17, 15) is 0 Å². The molecule has 1 saturated carbocycles. The fraction of sp³-hybridized carbons (Fsp3) is 0.636. The summed E-state index contributed by atoms with van der Waals surface area (Å²) in [5.41, 5.74) is 0.240. The molecule has 15 heavy (non-hydrogen) atoms. The number of nitrogens with zero attached hydrogens (tertiary/aromatic N) is 2. The van der Waals surface area contributed by atoms with Gasteiger partial charge in [-0.25, -0.2) is 4.98 Å². The van der Waals surface area contributed by atoms with Gasteiger partial charge in [-0.2, -0.15) is 4.98 Å². The van der Waals surface area contributed by atoms with Crippen LogP contribution in [-0.2, 0) is 0 Å². The second-order valence-electron chi connectivity index (χ2n) is 4.26. The van der Waals surface area contributed by atoms with Crippen LogP contribution in [0.4, 0.5) is 5.82 Å². The van der Waals surface area contributed by atoms with Crippen LogP contribution >= 0.6 is 0 Å². The molecule has 0 saturated heterocycles. The highest BCUT2D eigenvalue weighted by atomic mass is 16.5. The molecule has 0 amide bonds. The zero-order valence-electron chi connectivity index (χ0n) is 9.50. The summed E-state index contributed by atoms with van der Waals surface area (Å²) in [6.45, 7) is 6.66. The van der Waals surface area contributed by atoms with Crippen molar-refractivity contribution >= 4 is 5.82 Å². The lowest BCUT2D eigenvalue weighted by atomic mass is 10.3. The van der Waals surface area contributed by atoms with Gasteiger partial charge in [0, 0.05) is 11.6 Å². The van der Waals surface area contributed by atoms with Gasteiger partial charge >= 0.3 is 0 Å². The molecular formula is C11H17N3O. The molecule has 82 valence electrons. The summed E-state index contributed by atoms with van der Waals surface area (Å²) in [5, 5.41) is 3.40. The third kappa shape index (κ3) is 2.58. The number of hydrogen-bond acceptors (Lipinski definition) is 4. The molecule has 0 aliphatic heterocycles. The van der Waals surface area contributed by atoms with E-state index < -0.39 is 0 Å². The second-order valence-corrected chi connectivity index (χ2v) is 4.26. The van der Waals surface area contributed by atoms with E-state index in [1.165, 1.54) is 12.8 Å². The van der Waals surface area contributed by atoms with E-state index in [0.29, 0.717) is 12.5 Å². The highest BCUT2D eigenvalue weighted by molar-refractivity contribution is 5.42. The number of rotatable bonds is 4. The summed E-state index contributed by atoms with van der Waals surface area (Å²) in [7, 11) is 0. The number of ether oxygens (including phenoxy) is 1. The van der Waals surface area contributed by atoms with E-state index in [1.807, 2.05) is 19.9 Å². The van der Waals surface area contributed by atoms with Crippen molar-refractivity contribution in [3.63, 3.8) is 0 Å². The number of hydrogen-bond donors (Lipinski definition) is 1. The summed E-state index contributed by atoms with van der Waals surface area (Å²) < 4.78 is 5.37. The Balaban J connectivity index is 2.15. The van der Waals surface area contributed by atoms with Gasteiger partial charge in [-0.05, 0) is 33.6 Å². The predicted octanol–water partition coefficient (Wildman–Crippen LogP) is 2.15. The van der Waals surface area contributed by atoms with E-state index >= 15 is 0 Å². The molecule has 1 aromatic heterocycles. The highest BCUT2D eigenvalue weighted by Gasteiger charge is 2.37. The molecular weight excluding hydrogens is 190 g/mol. The van der Waals surface area contributed by atoms with Gasteiger partial charge in [0.15, 0.2) is 0 Å². The van der Waals surface area contributed by atoms with Crippen molar-refractivity contribution in [3.05, 3.63) is 11.9 Å². The van der Waals surface area contributed by atoms with Gasteiger partial charge in [-0.3, -0.25) is 0 Å². The van der Waals surface area contributed by atoms with Gasteiger partial charge < -0.3 is 10.1 Å². The summed E-state index contributed by atoms with van der Waals surface area (Å²) in [6, 6.07) is 1.86. The van der Waals surface area contributed by atoms with Crippen LogP contribution in [0.15, 0.2) is 6.07 Å². The van der Waals surface area contributed by atoms with Crippen LogP contribution in [0.5, 0.6) is 5.88 Å². The first kappa shape index (κ1) is 10.2. The molecule has 0 atom stereocenters. The average Bonchev–Trinajstić information content (AvgIpc) is 2.82. The predicted molar refractivity (Wildman–Crippen MR) is 59.2 cm³/mol. The maximum absolute atomic E-state index is 5.37. The van der Waals surface area contributed by atoms with E-state index in [4.69, 9.17) is 4.74 Å². The summed E-state index contributed by atoms with van der Waals surface area (Å²) in [6.07, 6.45) is 2.42. The first-order valence-electron chi connectivity index (χ1n) is 5.38. The molecule has 2 rings (SSSR count). The van der Waals surface area contributed by atoms with Gasteiger partial charge in [-0.1, -0.05) is 0 Å². The molecule has 0 bridgehead atoms. The molecule has 1 aliphatic carbocycles. The Morgan fingerprint density at radius 1 is 1.47 bits per heavy atom. The van der Waals surface area contributed by atoms with E-state index in [0.717, 1.165) is 11.6 Å². The fourth-order valence-corrected chi connectivity index (χ4v) is 1.45. The van der Waals surface area contributed by atoms with Gasteiger partial charge in [0.05, 0.1) is 6.61 Å². The smallest absolute Gasteiger partial charge is 0.218 e. The summed E-state index contributed by atoms with van der Waals surface area (Å²) >= 11 is 0. The fourth-order valence-electron chi connectivity index (χ4n) is 1.45. The van der Waals surface area contributed by atoms with E-state index in [2.05, 4.69) is 22.2 Å².